The summed E-state index contributed by atoms with van der Waals surface area (Å²) in [6.07, 6.45) is 0. The third kappa shape index (κ3) is 4.47. The van der Waals surface area contributed by atoms with E-state index in [4.69, 9.17) is 4.42 Å². The van der Waals surface area contributed by atoms with Crippen LogP contribution in [0.4, 0.5) is 17.1 Å². The molecule has 0 spiro atoms. The molecule has 10 aromatic rings. The quantitative estimate of drug-likeness (QED) is 0.186. The van der Waals surface area contributed by atoms with Crippen LogP contribution in [-0.4, -0.2) is 0 Å². The highest BCUT2D eigenvalue weighted by Crippen LogP contribution is 2.51. The number of furan rings is 1. The number of thiophene rings is 1. The van der Waals surface area contributed by atoms with E-state index >= 15 is 0 Å². The molecule has 8 aromatic carbocycles. The van der Waals surface area contributed by atoms with Crippen molar-refractivity contribution in [3.05, 3.63) is 176 Å². The lowest BCUT2D eigenvalue weighted by atomic mass is 9.98. The van der Waals surface area contributed by atoms with Gasteiger partial charge in [0.2, 0.25) is 0 Å². The smallest absolute Gasteiger partial charge is 0.159 e. The number of hydrogen-bond donors (Lipinski definition) is 0. The van der Waals surface area contributed by atoms with Crippen molar-refractivity contribution < 1.29 is 4.42 Å². The lowest BCUT2D eigenvalue weighted by molar-refractivity contribution is 0.669. The van der Waals surface area contributed by atoms with Gasteiger partial charge >= 0.3 is 0 Å². The largest absolute Gasteiger partial charge is 0.454 e. The van der Waals surface area contributed by atoms with Crippen LogP contribution >= 0.6 is 11.3 Å². The van der Waals surface area contributed by atoms with Crippen molar-refractivity contribution in [1.29, 1.82) is 0 Å². The normalized spacial score (nSPS) is 11.7. The Bertz CT molecular complexity index is 2810. The van der Waals surface area contributed by atoms with Crippen molar-refractivity contribution in [3.8, 4) is 22.3 Å². The number of anilines is 3. The molecule has 2 aromatic heterocycles. The first-order valence-electron chi connectivity index (χ1n) is 16.6. The molecule has 10 rings (SSSR count). The van der Waals surface area contributed by atoms with Gasteiger partial charge in [-0.3, -0.25) is 0 Å². The summed E-state index contributed by atoms with van der Waals surface area (Å²) in [6, 6.07) is 63.0. The maximum absolute atomic E-state index is 6.69. The second-order valence-corrected chi connectivity index (χ2v) is 13.5. The minimum atomic E-state index is 0.876. The van der Waals surface area contributed by atoms with Crippen LogP contribution in [0.1, 0.15) is 0 Å². The SMILES string of the molecule is c1ccc(-c2ccc(N(c3cccc4c3oc3ccccc34)c3ccc(-c4ccccc4)c4sc5c6ccccc6ccc5c34)cc2)cc1. The van der Waals surface area contributed by atoms with Crippen LogP contribution in [-0.2, 0) is 0 Å². The number of rotatable bonds is 5. The highest BCUT2D eigenvalue weighted by molar-refractivity contribution is 7.27. The Hall–Kier alpha value is -6.16. The maximum atomic E-state index is 6.69. The number of para-hydroxylation sites is 2. The Balaban J connectivity index is 1.30. The predicted octanol–water partition coefficient (Wildman–Crippen LogP) is 13.9. The first-order chi connectivity index (χ1) is 24.3. The van der Waals surface area contributed by atoms with Crippen molar-refractivity contribution >= 4 is 81.3 Å². The Morgan fingerprint density at radius 1 is 0.408 bits per heavy atom. The van der Waals surface area contributed by atoms with Gasteiger partial charge in [-0.15, -0.1) is 11.3 Å². The summed E-state index contributed by atoms with van der Waals surface area (Å²) in [6.45, 7) is 0. The number of hydrogen-bond acceptors (Lipinski definition) is 3. The molecule has 0 saturated carbocycles. The summed E-state index contributed by atoms with van der Waals surface area (Å²) in [4.78, 5) is 2.40. The topological polar surface area (TPSA) is 16.4 Å². The molecule has 230 valence electrons. The van der Waals surface area contributed by atoms with Crippen LogP contribution in [0.3, 0.4) is 0 Å². The van der Waals surface area contributed by atoms with E-state index in [1.165, 1.54) is 53.2 Å². The van der Waals surface area contributed by atoms with Crippen molar-refractivity contribution in [3.63, 3.8) is 0 Å². The third-order valence-corrected chi connectivity index (χ3v) is 10.9. The average molecular weight is 644 g/mol. The van der Waals surface area contributed by atoms with Crippen LogP contribution in [0, 0.1) is 0 Å². The maximum Gasteiger partial charge on any atom is 0.159 e. The van der Waals surface area contributed by atoms with Gasteiger partial charge in [0.1, 0.15) is 5.58 Å². The average Bonchev–Trinajstić information content (AvgIpc) is 3.76. The summed E-state index contributed by atoms with van der Waals surface area (Å²) in [5.74, 6) is 0. The molecule has 0 atom stereocenters. The van der Waals surface area contributed by atoms with E-state index in [0.29, 0.717) is 0 Å². The van der Waals surface area contributed by atoms with Crippen LogP contribution in [0.5, 0.6) is 0 Å². The molecular formula is C46H29NOS. The molecule has 0 fully saturated rings. The number of nitrogens with zero attached hydrogens (tertiary/aromatic N) is 1. The minimum absolute atomic E-state index is 0.876. The molecule has 2 heterocycles. The standard InChI is InChI=1S/C46H29NOS/c1-3-12-30(13-4-1)31-22-25-34(26-23-31)47(41-20-11-19-38-37-18-9-10-21-42(37)48-44(38)41)40-29-28-36(32-14-5-2-6-15-32)46-43(40)39-27-24-33-16-7-8-17-35(33)45(39)49-46/h1-29H. The molecule has 0 bridgehead atoms. The van der Waals surface area contributed by atoms with Gasteiger partial charge in [0, 0.05) is 36.6 Å². The van der Waals surface area contributed by atoms with Gasteiger partial charge in [-0.2, -0.15) is 0 Å². The Labute approximate surface area is 287 Å². The molecule has 2 nitrogen and oxygen atoms in total. The number of fused-ring (bicyclic) bond motifs is 8. The van der Waals surface area contributed by atoms with Crippen molar-refractivity contribution in [2.75, 3.05) is 4.90 Å². The molecule has 0 aliphatic rings. The molecule has 0 saturated heterocycles. The first-order valence-corrected chi connectivity index (χ1v) is 17.4. The summed E-state index contributed by atoms with van der Waals surface area (Å²) in [5, 5.41) is 7.27. The molecule has 0 amide bonds. The fourth-order valence-corrected chi connectivity index (χ4v) is 8.76. The van der Waals surface area contributed by atoms with E-state index in [0.717, 1.165) is 39.0 Å². The van der Waals surface area contributed by atoms with Crippen LogP contribution in [0.25, 0.3) is 75.1 Å². The fraction of sp³-hybridized carbons (Fsp3) is 0. The van der Waals surface area contributed by atoms with Gasteiger partial charge < -0.3 is 9.32 Å². The summed E-state index contributed by atoms with van der Waals surface area (Å²) < 4.78 is 9.27. The number of benzene rings is 8. The molecule has 0 N–H and O–H groups in total. The molecule has 0 aliphatic carbocycles. The monoisotopic (exact) mass is 643 g/mol. The zero-order valence-electron chi connectivity index (χ0n) is 26.5. The second-order valence-electron chi connectivity index (χ2n) is 12.5. The first kappa shape index (κ1) is 27.9. The van der Waals surface area contributed by atoms with E-state index in [1.54, 1.807) is 0 Å². The zero-order valence-corrected chi connectivity index (χ0v) is 27.3. The third-order valence-electron chi connectivity index (χ3n) is 9.67. The molecule has 0 radical (unpaired) electrons. The van der Waals surface area contributed by atoms with E-state index in [2.05, 4.69) is 175 Å². The second kappa shape index (κ2) is 11.2. The van der Waals surface area contributed by atoms with Gasteiger partial charge in [0.05, 0.1) is 11.4 Å². The van der Waals surface area contributed by atoms with Gasteiger partial charge in [-0.1, -0.05) is 146 Å². The van der Waals surface area contributed by atoms with Gasteiger partial charge in [-0.05, 0) is 63.4 Å². The van der Waals surface area contributed by atoms with Crippen LogP contribution in [0.2, 0.25) is 0 Å². The fourth-order valence-electron chi connectivity index (χ4n) is 7.37. The predicted molar refractivity (Wildman–Crippen MR) is 210 cm³/mol. The zero-order chi connectivity index (χ0) is 32.3. The molecule has 49 heavy (non-hydrogen) atoms. The lowest BCUT2D eigenvalue weighted by Crippen LogP contribution is -2.10. The van der Waals surface area contributed by atoms with Crippen LogP contribution in [0.15, 0.2) is 180 Å². The van der Waals surface area contributed by atoms with E-state index in [1.807, 2.05) is 17.4 Å². The lowest BCUT2D eigenvalue weighted by Gasteiger charge is -2.27. The van der Waals surface area contributed by atoms with E-state index in [-0.39, 0.29) is 0 Å². The summed E-state index contributed by atoms with van der Waals surface area (Å²) >= 11 is 1.89. The molecular weight excluding hydrogens is 615 g/mol. The molecule has 3 heteroatoms. The minimum Gasteiger partial charge on any atom is -0.454 e. The Morgan fingerprint density at radius 2 is 1.08 bits per heavy atom. The Kier molecular flexibility index (Phi) is 6.39. The van der Waals surface area contributed by atoms with Crippen LogP contribution < -0.4 is 4.90 Å². The van der Waals surface area contributed by atoms with Crippen molar-refractivity contribution in [2.24, 2.45) is 0 Å². The van der Waals surface area contributed by atoms with Crippen molar-refractivity contribution in [1.82, 2.24) is 0 Å². The van der Waals surface area contributed by atoms with Crippen molar-refractivity contribution in [2.45, 2.75) is 0 Å². The molecule has 0 aliphatic heterocycles. The summed E-state index contributed by atoms with van der Waals surface area (Å²) in [5.41, 5.74) is 9.81. The Morgan fingerprint density at radius 3 is 1.90 bits per heavy atom. The van der Waals surface area contributed by atoms with E-state index in [9.17, 15) is 0 Å². The van der Waals surface area contributed by atoms with E-state index < -0.39 is 0 Å². The highest BCUT2D eigenvalue weighted by atomic mass is 32.1. The van der Waals surface area contributed by atoms with Gasteiger partial charge in [0.25, 0.3) is 0 Å². The molecule has 0 unspecified atom stereocenters. The van der Waals surface area contributed by atoms with Gasteiger partial charge in [-0.25, -0.2) is 0 Å². The highest BCUT2D eigenvalue weighted by Gasteiger charge is 2.24. The summed E-state index contributed by atoms with van der Waals surface area (Å²) in [7, 11) is 0. The van der Waals surface area contributed by atoms with Gasteiger partial charge in [0.15, 0.2) is 5.58 Å².